The largest absolute Gasteiger partial charge is 0.355 e. The van der Waals surface area contributed by atoms with Crippen molar-refractivity contribution in [3.8, 4) is 11.3 Å². The van der Waals surface area contributed by atoms with Crippen molar-refractivity contribution in [2.75, 3.05) is 18.4 Å². The lowest BCUT2D eigenvalue weighted by molar-refractivity contribution is -0.118. The van der Waals surface area contributed by atoms with Gasteiger partial charge in [-0.15, -0.1) is 0 Å². The van der Waals surface area contributed by atoms with Crippen molar-refractivity contribution in [2.45, 2.75) is 13.8 Å². The zero-order chi connectivity index (χ0) is 16.8. The molecule has 7 heteroatoms. The topological polar surface area (TPSA) is 88.1 Å². The molecule has 0 fully saturated rings. The van der Waals surface area contributed by atoms with Crippen LogP contribution in [0.1, 0.15) is 12.5 Å². The first-order valence-corrected chi connectivity index (χ1v) is 7.36. The average Bonchev–Trinajstić information content (AvgIpc) is 2.85. The van der Waals surface area contributed by atoms with Gasteiger partial charge in [0, 0.05) is 38.7 Å². The summed E-state index contributed by atoms with van der Waals surface area (Å²) in [5.74, 6) is 0.474. The van der Waals surface area contributed by atoms with Crippen molar-refractivity contribution in [1.29, 1.82) is 0 Å². The van der Waals surface area contributed by atoms with Crippen molar-refractivity contribution >= 4 is 17.8 Å². The molecule has 3 N–H and O–H groups in total. The van der Waals surface area contributed by atoms with Crippen LogP contribution in [0.3, 0.4) is 0 Å². The minimum Gasteiger partial charge on any atom is -0.355 e. The zero-order valence-electron chi connectivity index (χ0n) is 13.5. The predicted molar refractivity (Wildman–Crippen MR) is 89.1 cm³/mol. The van der Waals surface area contributed by atoms with Gasteiger partial charge in [0.2, 0.25) is 5.91 Å². The van der Waals surface area contributed by atoms with Crippen LogP contribution >= 0.6 is 0 Å². The van der Waals surface area contributed by atoms with Crippen LogP contribution < -0.4 is 16.0 Å². The van der Waals surface area contributed by atoms with Gasteiger partial charge in [0.25, 0.3) is 0 Å². The number of aromatic nitrogens is 2. The Morgan fingerprint density at radius 2 is 1.87 bits per heavy atom. The maximum Gasteiger partial charge on any atom is 0.320 e. The Kier molecular flexibility index (Phi) is 5.35. The van der Waals surface area contributed by atoms with Crippen LogP contribution in [0.2, 0.25) is 0 Å². The van der Waals surface area contributed by atoms with Gasteiger partial charge in [0.15, 0.2) is 0 Å². The van der Waals surface area contributed by atoms with Crippen LogP contribution in [0.5, 0.6) is 0 Å². The lowest BCUT2D eigenvalue weighted by atomic mass is 10.1. The highest BCUT2D eigenvalue weighted by molar-refractivity contribution is 5.89. The molecule has 0 radical (unpaired) electrons. The minimum atomic E-state index is -0.338. The molecule has 0 aliphatic rings. The van der Waals surface area contributed by atoms with Gasteiger partial charge >= 0.3 is 6.03 Å². The van der Waals surface area contributed by atoms with E-state index in [1.54, 1.807) is 11.7 Å². The molecule has 3 amide bonds. The molecule has 0 spiro atoms. The Hall–Kier alpha value is -2.83. The molecule has 0 unspecified atom stereocenters. The Morgan fingerprint density at radius 3 is 2.57 bits per heavy atom. The summed E-state index contributed by atoms with van der Waals surface area (Å²) in [6, 6.07) is 9.44. The Morgan fingerprint density at radius 1 is 1.17 bits per heavy atom. The third-order valence-corrected chi connectivity index (χ3v) is 3.33. The first kappa shape index (κ1) is 16.5. The van der Waals surface area contributed by atoms with Gasteiger partial charge in [0.05, 0.1) is 5.69 Å². The van der Waals surface area contributed by atoms with E-state index in [0.717, 1.165) is 16.8 Å². The summed E-state index contributed by atoms with van der Waals surface area (Å²) in [5.41, 5.74) is 2.96. The smallest absolute Gasteiger partial charge is 0.320 e. The fourth-order valence-electron chi connectivity index (χ4n) is 2.15. The van der Waals surface area contributed by atoms with Crippen molar-refractivity contribution in [3.63, 3.8) is 0 Å². The number of hydrogen-bond acceptors (Lipinski definition) is 3. The van der Waals surface area contributed by atoms with E-state index < -0.39 is 0 Å². The van der Waals surface area contributed by atoms with Gasteiger partial charge in [0.1, 0.15) is 5.82 Å². The quantitative estimate of drug-likeness (QED) is 0.733. The molecule has 1 aromatic carbocycles. The molecule has 23 heavy (non-hydrogen) atoms. The van der Waals surface area contributed by atoms with E-state index in [1.807, 2.05) is 37.3 Å². The molecule has 0 atom stereocenters. The number of anilines is 1. The van der Waals surface area contributed by atoms with Gasteiger partial charge in [-0.1, -0.05) is 24.3 Å². The Labute approximate surface area is 135 Å². The molecule has 7 nitrogen and oxygen atoms in total. The monoisotopic (exact) mass is 315 g/mol. The zero-order valence-corrected chi connectivity index (χ0v) is 13.5. The summed E-state index contributed by atoms with van der Waals surface area (Å²) in [7, 11) is 1.77. The highest BCUT2D eigenvalue weighted by atomic mass is 16.2. The Bertz CT molecular complexity index is 708. The highest BCUT2D eigenvalue weighted by Crippen LogP contribution is 2.24. The van der Waals surface area contributed by atoms with Crippen molar-refractivity contribution in [3.05, 3.63) is 35.9 Å². The number of benzene rings is 1. The molecule has 2 rings (SSSR count). The minimum absolute atomic E-state index is 0.123. The van der Waals surface area contributed by atoms with Crippen molar-refractivity contribution in [1.82, 2.24) is 20.4 Å². The summed E-state index contributed by atoms with van der Waals surface area (Å²) >= 11 is 0. The molecule has 122 valence electrons. The lowest BCUT2D eigenvalue weighted by Gasteiger charge is -2.07. The molecule has 1 heterocycles. The number of aryl methyl sites for hydroxylation is 2. The predicted octanol–water partition coefficient (Wildman–Crippen LogP) is 1.65. The fourth-order valence-corrected chi connectivity index (χ4v) is 2.15. The van der Waals surface area contributed by atoms with E-state index in [4.69, 9.17) is 0 Å². The first-order valence-electron chi connectivity index (χ1n) is 7.36. The molecule has 0 aliphatic heterocycles. The van der Waals surface area contributed by atoms with E-state index in [1.165, 1.54) is 6.92 Å². The summed E-state index contributed by atoms with van der Waals surface area (Å²) in [6.45, 7) is 4.20. The van der Waals surface area contributed by atoms with Crippen LogP contribution in [0.4, 0.5) is 10.6 Å². The number of carbonyl (C=O) groups excluding carboxylic acids is 2. The van der Waals surface area contributed by atoms with Gasteiger partial charge in [-0.05, 0) is 12.5 Å². The molecule has 0 bridgehead atoms. The molecule has 1 aromatic heterocycles. The standard InChI is InChI=1S/C16H21N5O2/c1-11-6-4-5-7-13(11)14-10-15(21(3)20-14)19-16(23)18-9-8-17-12(2)22/h4-7,10H,8-9H2,1-3H3,(H,17,22)(H2,18,19,23). The number of rotatable bonds is 5. The van der Waals surface area contributed by atoms with E-state index in [2.05, 4.69) is 21.0 Å². The number of nitrogens with one attached hydrogen (secondary N) is 3. The first-order chi connectivity index (χ1) is 11.0. The van der Waals surface area contributed by atoms with Crippen molar-refractivity contribution in [2.24, 2.45) is 7.05 Å². The average molecular weight is 315 g/mol. The van der Waals surface area contributed by atoms with E-state index in [-0.39, 0.29) is 11.9 Å². The van der Waals surface area contributed by atoms with Crippen LogP contribution in [0, 0.1) is 6.92 Å². The summed E-state index contributed by atoms with van der Waals surface area (Å²) in [4.78, 5) is 22.6. The lowest BCUT2D eigenvalue weighted by Crippen LogP contribution is -2.36. The SMILES string of the molecule is CC(=O)NCCNC(=O)Nc1cc(-c2ccccc2C)nn1C. The number of amides is 3. The summed E-state index contributed by atoms with van der Waals surface area (Å²) in [6.07, 6.45) is 0. The van der Waals surface area contributed by atoms with Crippen molar-refractivity contribution < 1.29 is 9.59 Å². The van der Waals surface area contributed by atoms with Gasteiger partial charge in [-0.25, -0.2) is 4.79 Å². The second-order valence-electron chi connectivity index (χ2n) is 5.22. The van der Waals surface area contributed by atoms with E-state index in [0.29, 0.717) is 18.9 Å². The molecular weight excluding hydrogens is 294 g/mol. The second kappa shape index (κ2) is 7.44. The third-order valence-electron chi connectivity index (χ3n) is 3.33. The van der Waals surface area contributed by atoms with Crippen LogP contribution in [-0.2, 0) is 11.8 Å². The van der Waals surface area contributed by atoms with Gasteiger partial charge in [-0.3, -0.25) is 14.8 Å². The third kappa shape index (κ3) is 4.57. The molecular formula is C16H21N5O2. The van der Waals surface area contributed by atoms with Gasteiger partial charge in [-0.2, -0.15) is 5.10 Å². The number of urea groups is 1. The Balaban J connectivity index is 1.98. The van der Waals surface area contributed by atoms with E-state index in [9.17, 15) is 9.59 Å². The van der Waals surface area contributed by atoms with Gasteiger partial charge < -0.3 is 10.6 Å². The molecule has 0 saturated heterocycles. The summed E-state index contributed by atoms with van der Waals surface area (Å²) in [5, 5.41) is 12.5. The summed E-state index contributed by atoms with van der Waals surface area (Å²) < 4.78 is 1.62. The van der Waals surface area contributed by atoms with Crippen LogP contribution in [0.15, 0.2) is 30.3 Å². The molecule has 0 saturated carbocycles. The second-order valence-corrected chi connectivity index (χ2v) is 5.22. The van der Waals surface area contributed by atoms with Crippen LogP contribution in [0.25, 0.3) is 11.3 Å². The molecule has 2 aromatic rings. The van der Waals surface area contributed by atoms with E-state index >= 15 is 0 Å². The number of nitrogens with zero attached hydrogens (tertiary/aromatic N) is 2. The maximum atomic E-state index is 11.8. The normalized spacial score (nSPS) is 10.2. The number of carbonyl (C=O) groups is 2. The maximum absolute atomic E-state index is 11.8. The number of hydrogen-bond donors (Lipinski definition) is 3. The van der Waals surface area contributed by atoms with Crippen LogP contribution in [-0.4, -0.2) is 34.8 Å². The highest BCUT2D eigenvalue weighted by Gasteiger charge is 2.11. The fraction of sp³-hybridized carbons (Fsp3) is 0.312. The molecule has 0 aliphatic carbocycles.